The first-order valence-electron chi connectivity index (χ1n) is 4.52. The summed E-state index contributed by atoms with van der Waals surface area (Å²) in [4.78, 5) is 21.9. The SMILES string of the molecule is CCN(CC(=O)NC)C(=O)C(F)(F)C(F)(F)F. The average Bonchev–Trinajstić information content (AvgIpc) is 2.22. The van der Waals surface area contributed by atoms with Crippen LogP contribution in [0.25, 0.3) is 0 Å². The first kappa shape index (κ1) is 15.6. The summed E-state index contributed by atoms with van der Waals surface area (Å²) in [5.41, 5.74) is 0. The Morgan fingerprint density at radius 2 is 1.65 bits per heavy atom. The largest absolute Gasteiger partial charge is 0.463 e. The van der Waals surface area contributed by atoms with Crippen molar-refractivity contribution in [3.63, 3.8) is 0 Å². The van der Waals surface area contributed by atoms with E-state index in [0.717, 1.165) is 0 Å². The maximum absolute atomic E-state index is 12.7. The van der Waals surface area contributed by atoms with Gasteiger partial charge in [0.05, 0.1) is 6.54 Å². The zero-order valence-corrected chi connectivity index (χ0v) is 9.07. The molecule has 0 radical (unpaired) electrons. The third-order valence-electron chi connectivity index (χ3n) is 1.91. The summed E-state index contributed by atoms with van der Waals surface area (Å²) in [5, 5.41) is 2.02. The normalized spacial score (nSPS) is 12.2. The fourth-order valence-electron chi connectivity index (χ4n) is 0.899. The van der Waals surface area contributed by atoms with E-state index in [-0.39, 0.29) is 4.90 Å². The van der Waals surface area contributed by atoms with E-state index in [0.29, 0.717) is 0 Å². The topological polar surface area (TPSA) is 49.4 Å². The van der Waals surface area contributed by atoms with Gasteiger partial charge >= 0.3 is 18.0 Å². The van der Waals surface area contributed by atoms with Gasteiger partial charge in [0.1, 0.15) is 0 Å². The van der Waals surface area contributed by atoms with Crippen molar-refractivity contribution in [2.24, 2.45) is 0 Å². The fourth-order valence-corrected chi connectivity index (χ4v) is 0.899. The quantitative estimate of drug-likeness (QED) is 0.761. The number of nitrogens with zero attached hydrogens (tertiary/aromatic N) is 1. The highest BCUT2D eigenvalue weighted by Gasteiger charge is 2.64. The van der Waals surface area contributed by atoms with E-state index in [1.807, 2.05) is 5.32 Å². The molecule has 0 saturated carbocycles. The summed E-state index contributed by atoms with van der Waals surface area (Å²) in [7, 11) is 1.17. The lowest BCUT2D eigenvalue weighted by atomic mass is 10.2. The van der Waals surface area contributed by atoms with Crippen LogP contribution in [0.4, 0.5) is 22.0 Å². The second-order valence-corrected chi connectivity index (χ2v) is 3.06. The zero-order valence-electron chi connectivity index (χ0n) is 9.07. The van der Waals surface area contributed by atoms with Crippen LogP contribution in [0.15, 0.2) is 0 Å². The highest BCUT2D eigenvalue weighted by atomic mass is 19.4. The predicted octanol–water partition coefficient (Wildman–Crippen LogP) is 0.778. The van der Waals surface area contributed by atoms with Gasteiger partial charge in [-0.2, -0.15) is 22.0 Å². The Labute approximate surface area is 93.8 Å². The number of carbonyl (C=O) groups is 2. The molecule has 17 heavy (non-hydrogen) atoms. The second kappa shape index (κ2) is 5.28. The molecule has 9 heteroatoms. The predicted molar refractivity (Wildman–Crippen MR) is 47.3 cm³/mol. The van der Waals surface area contributed by atoms with Gasteiger partial charge in [-0.25, -0.2) is 0 Å². The smallest absolute Gasteiger partial charge is 0.358 e. The molecule has 0 saturated heterocycles. The van der Waals surface area contributed by atoms with Gasteiger partial charge in [0.15, 0.2) is 0 Å². The lowest BCUT2D eigenvalue weighted by Crippen LogP contribution is -2.53. The molecule has 0 bridgehead atoms. The Morgan fingerprint density at radius 1 is 1.18 bits per heavy atom. The zero-order chi connectivity index (χ0) is 13.9. The molecule has 0 aromatic carbocycles. The maximum atomic E-state index is 12.7. The number of carbonyl (C=O) groups excluding carboxylic acids is 2. The van der Waals surface area contributed by atoms with Crippen LogP contribution in [0, 0.1) is 0 Å². The number of hydrogen-bond acceptors (Lipinski definition) is 2. The minimum Gasteiger partial charge on any atom is -0.358 e. The summed E-state index contributed by atoms with van der Waals surface area (Å²) in [5.74, 6) is -8.76. The third-order valence-corrected chi connectivity index (χ3v) is 1.91. The third kappa shape index (κ3) is 3.53. The summed E-state index contributed by atoms with van der Waals surface area (Å²) < 4.78 is 61.0. The van der Waals surface area contributed by atoms with E-state index in [4.69, 9.17) is 0 Å². The average molecular weight is 262 g/mol. The van der Waals surface area contributed by atoms with Crippen LogP contribution in [-0.2, 0) is 9.59 Å². The summed E-state index contributed by atoms with van der Waals surface area (Å²) in [6, 6.07) is 0. The number of amides is 2. The molecule has 0 heterocycles. The lowest BCUT2D eigenvalue weighted by molar-refractivity contribution is -0.274. The van der Waals surface area contributed by atoms with Gasteiger partial charge in [0.2, 0.25) is 5.91 Å². The van der Waals surface area contributed by atoms with Gasteiger partial charge in [-0.15, -0.1) is 0 Å². The summed E-state index contributed by atoms with van der Waals surface area (Å²) >= 11 is 0. The van der Waals surface area contributed by atoms with Gasteiger partial charge in [0.25, 0.3) is 0 Å². The van der Waals surface area contributed by atoms with Gasteiger partial charge in [-0.3, -0.25) is 9.59 Å². The molecule has 0 unspecified atom stereocenters. The Bertz CT molecular complexity index is 303. The summed E-state index contributed by atoms with van der Waals surface area (Å²) in [6.07, 6.45) is -5.97. The summed E-state index contributed by atoms with van der Waals surface area (Å²) in [6.45, 7) is -0.0945. The van der Waals surface area contributed by atoms with E-state index in [1.54, 1.807) is 0 Å². The van der Waals surface area contributed by atoms with Crippen LogP contribution in [0.1, 0.15) is 6.92 Å². The van der Waals surface area contributed by atoms with Crippen molar-refractivity contribution in [2.75, 3.05) is 20.1 Å². The fraction of sp³-hybridized carbons (Fsp3) is 0.750. The molecule has 0 aliphatic rings. The van der Waals surface area contributed by atoms with Crippen molar-refractivity contribution in [3.8, 4) is 0 Å². The Balaban J connectivity index is 4.93. The van der Waals surface area contributed by atoms with Crippen LogP contribution < -0.4 is 5.32 Å². The minimum atomic E-state index is -5.97. The van der Waals surface area contributed by atoms with E-state index in [1.165, 1.54) is 14.0 Å². The maximum Gasteiger partial charge on any atom is 0.463 e. The molecule has 4 nitrogen and oxygen atoms in total. The molecular weight excluding hydrogens is 251 g/mol. The molecule has 0 aromatic heterocycles. The van der Waals surface area contributed by atoms with Crippen LogP contribution in [0.5, 0.6) is 0 Å². The van der Waals surface area contributed by atoms with Crippen molar-refractivity contribution in [1.82, 2.24) is 10.2 Å². The number of likely N-dealkylation sites (N-methyl/N-ethyl adjacent to an activating group) is 2. The molecule has 0 aromatic rings. The molecule has 0 aliphatic heterocycles. The molecule has 100 valence electrons. The first-order chi connectivity index (χ1) is 7.57. The van der Waals surface area contributed by atoms with E-state index < -0.39 is 37.0 Å². The highest BCUT2D eigenvalue weighted by Crippen LogP contribution is 2.36. The van der Waals surface area contributed by atoms with Crippen molar-refractivity contribution in [1.29, 1.82) is 0 Å². The van der Waals surface area contributed by atoms with Crippen molar-refractivity contribution < 1.29 is 31.5 Å². The van der Waals surface area contributed by atoms with E-state index in [2.05, 4.69) is 0 Å². The molecule has 0 atom stereocenters. The van der Waals surface area contributed by atoms with Gasteiger partial charge in [0, 0.05) is 13.6 Å². The van der Waals surface area contributed by atoms with Crippen LogP contribution in [0.3, 0.4) is 0 Å². The van der Waals surface area contributed by atoms with Crippen molar-refractivity contribution in [2.45, 2.75) is 19.0 Å². The van der Waals surface area contributed by atoms with E-state index >= 15 is 0 Å². The molecule has 2 amide bonds. The van der Waals surface area contributed by atoms with Gasteiger partial charge in [-0.05, 0) is 6.92 Å². The number of halogens is 5. The number of hydrogen-bond donors (Lipinski definition) is 1. The Morgan fingerprint density at radius 3 is 1.94 bits per heavy atom. The van der Waals surface area contributed by atoms with Crippen molar-refractivity contribution >= 4 is 11.8 Å². The Hall–Kier alpha value is -1.41. The monoisotopic (exact) mass is 262 g/mol. The van der Waals surface area contributed by atoms with Crippen molar-refractivity contribution in [3.05, 3.63) is 0 Å². The van der Waals surface area contributed by atoms with Gasteiger partial charge < -0.3 is 10.2 Å². The molecule has 1 N–H and O–H groups in total. The molecule has 0 aliphatic carbocycles. The molecular formula is C8H11F5N2O2. The number of rotatable bonds is 4. The minimum absolute atomic E-state index is 0.131. The van der Waals surface area contributed by atoms with E-state index in [9.17, 15) is 31.5 Å². The lowest BCUT2D eigenvalue weighted by Gasteiger charge is -2.26. The second-order valence-electron chi connectivity index (χ2n) is 3.06. The number of alkyl halides is 5. The molecule has 0 rings (SSSR count). The Kier molecular flexibility index (Phi) is 4.84. The first-order valence-corrected chi connectivity index (χ1v) is 4.52. The molecule has 0 fully saturated rings. The van der Waals surface area contributed by atoms with Crippen LogP contribution in [-0.4, -0.2) is 49.0 Å². The molecule has 0 spiro atoms. The van der Waals surface area contributed by atoms with Crippen LogP contribution in [0.2, 0.25) is 0 Å². The number of nitrogens with one attached hydrogen (secondary N) is 1. The van der Waals surface area contributed by atoms with Gasteiger partial charge in [-0.1, -0.05) is 0 Å². The highest BCUT2D eigenvalue weighted by molar-refractivity contribution is 5.89. The standard InChI is InChI=1S/C8H11F5N2O2/c1-3-15(4-5(16)14-2)6(17)7(9,10)8(11,12)13/h3-4H2,1-2H3,(H,14,16). The van der Waals surface area contributed by atoms with Crippen LogP contribution >= 0.6 is 0 Å².